The molecule has 0 bridgehead atoms. The van der Waals surface area contributed by atoms with Gasteiger partial charge in [0.15, 0.2) is 0 Å². The fourth-order valence-corrected chi connectivity index (χ4v) is 1.23. The maximum atomic E-state index is 5.32. The van der Waals surface area contributed by atoms with Crippen molar-refractivity contribution in [2.24, 2.45) is 5.92 Å². The molecule has 0 saturated carbocycles. The Bertz CT molecular complexity index is 291. The third kappa shape index (κ3) is 2.13. The smallest absolute Gasteiger partial charge is 0.0212 e. The highest BCUT2D eigenvalue weighted by molar-refractivity contribution is 5.26. The lowest BCUT2D eigenvalue weighted by molar-refractivity contribution is 0.747. The van der Waals surface area contributed by atoms with Crippen LogP contribution in [0.3, 0.4) is 0 Å². The molecule has 1 unspecified atom stereocenters. The highest BCUT2D eigenvalue weighted by Gasteiger charge is 2.01. The quantitative estimate of drug-likeness (QED) is 0.580. The summed E-state index contributed by atoms with van der Waals surface area (Å²) in [5.41, 5.74) is 2.70. The van der Waals surface area contributed by atoms with Crippen molar-refractivity contribution < 1.29 is 0 Å². The molecule has 1 aromatic rings. The molecular formula is C12H14. The van der Waals surface area contributed by atoms with Crippen LogP contribution in [0.5, 0.6) is 0 Å². The Morgan fingerprint density at radius 1 is 1.42 bits per heavy atom. The van der Waals surface area contributed by atoms with Gasteiger partial charge in [0, 0.05) is 5.92 Å². The zero-order valence-electron chi connectivity index (χ0n) is 7.67. The summed E-state index contributed by atoms with van der Waals surface area (Å²) >= 11 is 0. The first-order valence-corrected chi connectivity index (χ1v) is 4.24. The number of rotatable bonds is 2. The molecule has 0 aromatic heterocycles. The molecule has 0 spiro atoms. The predicted molar refractivity (Wildman–Crippen MR) is 52.9 cm³/mol. The van der Waals surface area contributed by atoms with Crippen molar-refractivity contribution in [1.82, 2.24) is 0 Å². The minimum absolute atomic E-state index is 0.339. The maximum absolute atomic E-state index is 5.32. The Balaban J connectivity index is 2.77. The fraction of sp³-hybridized carbons (Fsp3) is 0.333. The molecule has 0 aliphatic heterocycles. The molecule has 0 fully saturated rings. The number of benzene rings is 1. The summed E-state index contributed by atoms with van der Waals surface area (Å²) in [4.78, 5) is 0. The zero-order chi connectivity index (χ0) is 8.97. The first-order chi connectivity index (χ1) is 5.74. The van der Waals surface area contributed by atoms with Gasteiger partial charge in [-0.25, -0.2) is 0 Å². The van der Waals surface area contributed by atoms with Crippen molar-refractivity contribution in [3.63, 3.8) is 0 Å². The third-order valence-corrected chi connectivity index (χ3v) is 2.07. The summed E-state index contributed by atoms with van der Waals surface area (Å²) in [5, 5.41) is 0. The molecule has 12 heavy (non-hydrogen) atoms. The monoisotopic (exact) mass is 158 g/mol. The molecule has 62 valence electrons. The van der Waals surface area contributed by atoms with Crippen LogP contribution in [0.25, 0.3) is 0 Å². The Labute approximate surface area is 74.6 Å². The van der Waals surface area contributed by atoms with E-state index < -0.39 is 0 Å². The van der Waals surface area contributed by atoms with Crippen LogP contribution in [-0.2, 0) is 6.42 Å². The van der Waals surface area contributed by atoms with Crippen LogP contribution < -0.4 is 0 Å². The van der Waals surface area contributed by atoms with E-state index in [1.165, 1.54) is 11.1 Å². The van der Waals surface area contributed by atoms with Gasteiger partial charge in [0.1, 0.15) is 0 Å². The summed E-state index contributed by atoms with van der Waals surface area (Å²) in [7, 11) is 0. The van der Waals surface area contributed by atoms with Crippen LogP contribution in [0, 0.1) is 25.2 Å². The highest BCUT2D eigenvalue weighted by Crippen LogP contribution is 2.11. The maximum Gasteiger partial charge on any atom is 0.0212 e. The van der Waals surface area contributed by atoms with Gasteiger partial charge in [0.2, 0.25) is 0 Å². The molecule has 1 atom stereocenters. The standard InChI is InChI=1S/C12H14/c1-4-10(2)9-12-8-6-5-7-11(12)3/h1,5-8,10H,9H2,2-3H3. The highest BCUT2D eigenvalue weighted by atomic mass is 14.0. The van der Waals surface area contributed by atoms with E-state index in [1.54, 1.807) is 0 Å². The van der Waals surface area contributed by atoms with Crippen LogP contribution in [0.1, 0.15) is 18.1 Å². The largest absolute Gasteiger partial charge is 0.120 e. The molecule has 0 aliphatic rings. The van der Waals surface area contributed by atoms with Gasteiger partial charge in [0.25, 0.3) is 0 Å². The second-order valence-electron chi connectivity index (χ2n) is 3.20. The van der Waals surface area contributed by atoms with Gasteiger partial charge in [-0.3, -0.25) is 0 Å². The van der Waals surface area contributed by atoms with Gasteiger partial charge in [-0.2, -0.15) is 0 Å². The SMILES string of the molecule is C#CC(C)Cc1ccccc1C. The fourth-order valence-electron chi connectivity index (χ4n) is 1.23. The molecular weight excluding hydrogens is 144 g/mol. The average molecular weight is 158 g/mol. The van der Waals surface area contributed by atoms with E-state index in [0.717, 1.165) is 6.42 Å². The molecule has 0 saturated heterocycles. The molecule has 1 aromatic carbocycles. The lowest BCUT2D eigenvalue weighted by Gasteiger charge is -2.06. The molecule has 0 heterocycles. The van der Waals surface area contributed by atoms with Gasteiger partial charge in [-0.1, -0.05) is 31.2 Å². The topological polar surface area (TPSA) is 0 Å². The van der Waals surface area contributed by atoms with Crippen molar-refractivity contribution >= 4 is 0 Å². The van der Waals surface area contributed by atoms with E-state index in [2.05, 4.69) is 44.0 Å². The summed E-state index contributed by atoms with van der Waals surface area (Å²) in [6.45, 7) is 4.20. The third-order valence-electron chi connectivity index (χ3n) is 2.07. The second kappa shape index (κ2) is 3.97. The zero-order valence-corrected chi connectivity index (χ0v) is 7.67. The Morgan fingerprint density at radius 2 is 2.08 bits per heavy atom. The number of terminal acetylenes is 1. The summed E-state index contributed by atoms with van der Waals surface area (Å²) < 4.78 is 0. The van der Waals surface area contributed by atoms with Gasteiger partial charge < -0.3 is 0 Å². The first kappa shape index (κ1) is 8.87. The van der Waals surface area contributed by atoms with E-state index >= 15 is 0 Å². The minimum Gasteiger partial charge on any atom is -0.120 e. The van der Waals surface area contributed by atoms with Gasteiger partial charge in [0.05, 0.1) is 0 Å². The molecule has 0 radical (unpaired) electrons. The van der Waals surface area contributed by atoms with Crippen molar-refractivity contribution in [3.05, 3.63) is 35.4 Å². The molecule has 0 amide bonds. The van der Waals surface area contributed by atoms with Gasteiger partial charge >= 0.3 is 0 Å². The summed E-state index contributed by atoms with van der Waals surface area (Å²) in [6.07, 6.45) is 6.31. The molecule has 0 aliphatic carbocycles. The molecule has 1 rings (SSSR count). The van der Waals surface area contributed by atoms with E-state index in [9.17, 15) is 0 Å². The number of hydrogen-bond donors (Lipinski definition) is 0. The lowest BCUT2D eigenvalue weighted by Crippen LogP contribution is -1.97. The van der Waals surface area contributed by atoms with Gasteiger partial charge in [-0.15, -0.1) is 12.3 Å². The summed E-state index contributed by atoms with van der Waals surface area (Å²) in [5.74, 6) is 3.08. The Hall–Kier alpha value is -1.22. The van der Waals surface area contributed by atoms with E-state index in [1.807, 2.05) is 0 Å². The number of hydrogen-bond acceptors (Lipinski definition) is 0. The van der Waals surface area contributed by atoms with Crippen LogP contribution in [-0.4, -0.2) is 0 Å². The first-order valence-electron chi connectivity index (χ1n) is 4.24. The predicted octanol–water partition coefficient (Wildman–Crippen LogP) is 2.81. The van der Waals surface area contributed by atoms with Crippen LogP contribution >= 0.6 is 0 Å². The van der Waals surface area contributed by atoms with E-state index in [-0.39, 0.29) is 0 Å². The average Bonchev–Trinajstić information content (AvgIpc) is 2.09. The lowest BCUT2D eigenvalue weighted by atomic mass is 9.98. The van der Waals surface area contributed by atoms with E-state index in [0.29, 0.717) is 5.92 Å². The van der Waals surface area contributed by atoms with Crippen LogP contribution in [0.15, 0.2) is 24.3 Å². The molecule has 0 nitrogen and oxygen atoms in total. The summed E-state index contributed by atoms with van der Waals surface area (Å²) in [6, 6.07) is 8.38. The van der Waals surface area contributed by atoms with E-state index in [4.69, 9.17) is 6.42 Å². The van der Waals surface area contributed by atoms with Crippen molar-refractivity contribution in [1.29, 1.82) is 0 Å². The number of aryl methyl sites for hydroxylation is 1. The second-order valence-corrected chi connectivity index (χ2v) is 3.20. The van der Waals surface area contributed by atoms with Gasteiger partial charge in [-0.05, 0) is 24.5 Å². The van der Waals surface area contributed by atoms with Crippen LogP contribution in [0.4, 0.5) is 0 Å². The van der Waals surface area contributed by atoms with Crippen molar-refractivity contribution in [2.75, 3.05) is 0 Å². The Kier molecular flexibility index (Phi) is 2.94. The molecule has 0 N–H and O–H groups in total. The molecule has 0 heteroatoms. The van der Waals surface area contributed by atoms with Crippen LogP contribution in [0.2, 0.25) is 0 Å². The van der Waals surface area contributed by atoms with Crippen molar-refractivity contribution in [2.45, 2.75) is 20.3 Å². The Morgan fingerprint density at radius 3 is 2.67 bits per heavy atom. The van der Waals surface area contributed by atoms with Crippen molar-refractivity contribution in [3.8, 4) is 12.3 Å². The minimum atomic E-state index is 0.339. The normalized spacial score (nSPS) is 12.1.